The van der Waals surface area contributed by atoms with Gasteiger partial charge in [0.2, 0.25) is 0 Å². The third-order valence-electron chi connectivity index (χ3n) is 6.97. The van der Waals surface area contributed by atoms with Crippen LogP contribution in [0.15, 0.2) is 48.8 Å². The van der Waals surface area contributed by atoms with Crippen molar-refractivity contribution < 1.29 is 18.0 Å². The number of carbonyl (C=O) groups is 1. The summed E-state index contributed by atoms with van der Waals surface area (Å²) in [5.41, 5.74) is 7.81. The van der Waals surface area contributed by atoms with Gasteiger partial charge in [0.15, 0.2) is 0 Å². The number of rotatable bonds is 8. The van der Waals surface area contributed by atoms with E-state index in [0.717, 1.165) is 40.3 Å². The van der Waals surface area contributed by atoms with Gasteiger partial charge in [-0.05, 0) is 63.8 Å². The number of anilines is 3. The molecule has 40 heavy (non-hydrogen) atoms. The summed E-state index contributed by atoms with van der Waals surface area (Å²) in [5.74, 6) is -0.624. The van der Waals surface area contributed by atoms with Gasteiger partial charge in [-0.15, -0.1) is 5.53 Å². The summed E-state index contributed by atoms with van der Waals surface area (Å²) in [6.07, 6.45) is -0.839. The lowest BCUT2D eigenvalue weighted by molar-refractivity contribution is -0.137. The highest BCUT2D eigenvalue weighted by Gasteiger charge is 2.32. The highest BCUT2D eigenvalue weighted by Crippen LogP contribution is 2.34. The average Bonchev–Trinajstić information content (AvgIpc) is 3.43. The van der Waals surface area contributed by atoms with Crippen LogP contribution < -0.4 is 20.8 Å². The number of likely N-dealkylation sites (N-methyl/N-ethyl adjacent to an activating group) is 2. The number of nitrogens with zero attached hydrogens (tertiary/aromatic N) is 6. The van der Waals surface area contributed by atoms with Crippen LogP contribution in [0.1, 0.15) is 32.7 Å². The smallest absolute Gasteiger partial charge is 0.373 e. The molecule has 0 aliphatic carbocycles. The molecule has 2 aromatic carbocycles. The molecule has 1 aliphatic rings. The fourth-order valence-corrected chi connectivity index (χ4v) is 4.42. The zero-order valence-corrected chi connectivity index (χ0v) is 23.8. The van der Waals surface area contributed by atoms with E-state index in [1.165, 1.54) is 6.07 Å². The minimum absolute atomic E-state index is 0.0496. The lowest BCUT2D eigenvalue weighted by Crippen LogP contribution is -2.38. The summed E-state index contributed by atoms with van der Waals surface area (Å²) in [6, 6.07) is 8.64. The molecule has 0 unspecified atom stereocenters. The fraction of sp³-hybridized carbons (Fsp3) is 0.357. The van der Waals surface area contributed by atoms with Crippen molar-refractivity contribution in [3.63, 3.8) is 0 Å². The van der Waals surface area contributed by atoms with E-state index in [4.69, 9.17) is 0 Å². The van der Waals surface area contributed by atoms with E-state index < -0.39 is 17.6 Å². The molecule has 0 atom stereocenters. The van der Waals surface area contributed by atoms with Crippen molar-refractivity contribution in [1.29, 1.82) is 0 Å². The first-order valence-electron chi connectivity index (χ1n) is 12.8. The van der Waals surface area contributed by atoms with Gasteiger partial charge in [-0.2, -0.15) is 18.3 Å². The van der Waals surface area contributed by atoms with Gasteiger partial charge in [0.25, 0.3) is 5.91 Å². The van der Waals surface area contributed by atoms with Gasteiger partial charge in [0.1, 0.15) is 0 Å². The maximum absolute atomic E-state index is 13.5. The zero-order valence-electron chi connectivity index (χ0n) is 23.8. The number of carbonyl (C=O) groups excluding carboxylic acids is 1. The second-order valence-corrected chi connectivity index (χ2v) is 10.2. The van der Waals surface area contributed by atoms with Crippen LogP contribution >= 0.6 is 0 Å². The van der Waals surface area contributed by atoms with Crippen LogP contribution in [0.4, 0.5) is 30.2 Å². The summed E-state index contributed by atoms with van der Waals surface area (Å²) < 4.78 is 42.4. The lowest BCUT2D eigenvalue weighted by atomic mass is 10.1. The maximum Gasteiger partial charge on any atom is 0.416 e. The molecule has 0 fully saturated rings. The molecule has 1 aliphatic heterocycles. The third-order valence-corrected chi connectivity index (χ3v) is 6.97. The van der Waals surface area contributed by atoms with Gasteiger partial charge in [-0.1, -0.05) is 6.07 Å². The van der Waals surface area contributed by atoms with E-state index >= 15 is 0 Å². The second-order valence-electron chi connectivity index (χ2n) is 10.2. The van der Waals surface area contributed by atoms with E-state index in [-0.39, 0.29) is 5.56 Å². The molecule has 0 radical (unpaired) electrons. The van der Waals surface area contributed by atoms with Crippen molar-refractivity contribution in [2.24, 2.45) is 7.05 Å². The predicted molar refractivity (Wildman–Crippen MR) is 152 cm³/mol. The molecule has 214 valence electrons. The van der Waals surface area contributed by atoms with Gasteiger partial charge in [0.05, 0.1) is 28.7 Å². The molecule has 3 aromatic rings. The topological polar surface area (TPSA) is 71.9 Å². The van der Waals surface area contributed by atoms with Gasteiger partial charge < -0.3 is 15.1 Å². The Bertz CT molecular complexity index is 1430. The normalized spacial score (nSPS) is 13.7. The molecular formula is C28H35F3N8O. The van der Waals surface area contributed by atoms with Crippen molar-refractivity contribution in [2.45, 2.75) is 20.0 Å². The van der Waals surface area contributed by atoms with Crippen LogP contribution in [0.3, 0.4) is 0 Å². The molecule has 12 heteroatoms. The highest BCUT2D eigenvalue weighted by atomic mass is 19.4. The molecule has 0 saturated heterocycles. The first-order chi connectivity index (χ1) is 18.8. The van der Waals surface area contributed by atoms with E-state index in [9.17, 15) is 18.0 Å². The molecule has 2 N–H and O–H groups in total. The molecule has 0 saturated carbocycles. The number of alkyl halides is 3. The average molecular weight is 557 g/mol. The predicted octanol–water partition coefficient (Wildman–Crippen LogP) is 4.48. The number of halogens is 3. The summed E-state index contributed by atoms with van der Waals surface area (Å²) >= 11 is 0. The number of hydrogen-bond donors (Lipinski definition) is 2. The molecule has 2 heterocycles. The minimum Gasteiger partial charge on any atom is -0.373 e. The van der Waals surface area contributed by atoms with Gasteiger partial charge in [-0.3, -0.25) is 19.5 Å². The van der Waals surface area contributed by atoms with Gasteiger partial charge in [-0.25, -0.2) is 0 Å². The standard InChI is InChI=1S/C28H35F3N8O/c1-18-8-10-21(15-25(18)39-17-26(38(7)34-39)23-16-32-37(6)19(23)2)33-27(40)22-14-20(28(29,30)31)9-11-24(22)36(5)13-12-35(3)4/h8-11,14-17,34H,12-13H2,1-7H3,(H,33,40). The maximum atomic E-state index is 13.5. The highest BCUT2D eigenvalue weighted by molar-refractivity contribution is 6.08. The second kappa shape index (κ2) is 11.2. The number of hydrogen-bond acceptors (Lipinski definition) is 7. The van der Waals surface area contributed by atoms with Crippen molar-refractivity contribution in [1.82, 2.24) is 25.2 Å². The number of aryl methyl sites for hydroxylation is 2. The number of aromatic nitrogens is 2. The molecule has 0 bridgehead atoms. The van der Waals surface area contributed by atoms with Crippen LogP contribution in [0.2, 0.25) is 0 Å². The Morgan fingerprint density at radius 1 is 1.05 bits per heavy atom. The Labute approximate surface area is 232 Å². The lowest BCUT2D eigenvalue weighted by Gasteiger charge is -2.25. The monoisotopic (exact) mass is 556 g/mol. The first kappa shape index (κ1) is 29.0. The quantitative estimate of drug-likeness (QED) is 0.424. The molecule has 0 spiro atoms. The van der Waals surface area contributed by atoms with E-state index in [0.29, 0.717) is 24.5 Å². The van der Waals surface area contributed by atoms with Crippen molar-refractivity contribution in [3.05, 3.63) is 76.7 Å². The van der Waals surface area contributed by atoms with E-state index in [1.807, 2.05) is 69.2 Å². The number of nitrogens with one attached hydrogen (secondary N) is 2. The Morgan fingerprint density at radius 3 is 2.40 bits per heavy atom. The van der Waals surface area contributed by atoms with E-state index in [2.05, 4.69) is 16.0 Å². The SMILES string of the molecule is Cc1ccc(NC(=O)c2cc(C(F)(F)F)ccc2N(C)CCN(C)C)cc1N1C=C(c2cnn(C)c2C)N(C)N1. The minimum atomic E-state index is -4.57. The number of amides is 1. The van der Waals surface area contributed by atoms with Crippen LogP contribution in [0.25, 0.3) is 5.70 Å². The fourth-order valence-electron chi connectivity index (χ4n) is 4.42. The van der Waals surface area contributed by atoms with Crippen LogP contribution in [-0.4, -0.2) is 66.9 Å². The summed E-state index contributed by atoms with van der Waals surface area (Å²) in [5, 5.41) is 10.8. The summed E-state index contributed by atoms with van der Waals surface area (Å²) in [4.78, 5) is 17.2. The Hall–Kier alpha value is -4.03. The van der Waals surface area contributed by atoms with Crippen molar-refractivity contribution >= 4 is 28.7 Å². The molecule has 4 rings (SSSR count). The van der Waals surface area contributed by atoms with Crippen LogP contribution in [-0.2, 0) is 13.2 Å². The Kier molecular flexibility index (Phi) is 8.13. The number of hydrazine groups is 2. The van der Waals surface area contributed by atoms with Gasteiger partial charge >= 0.3 is 6.18 Å². The Morgan fingerprint density at radius 2 is 1.77 bits per heavy atom. The van der Waals surface area contributed by atoms with Crippen molar-refractivity contribution in [3.8, 4) is 0 Å². The van der Waals surface area contributed by atoms with Crippen molar-refractivity contribution in [2.75, 3.05) is 56.5 Å². The zero-order chi connectivity index (χ0) is 29.4. The molecule has 1 aromatic heterocycles. The number of benzene rings is 2. The van der Waals surface area contributed by atoms with Crippen LogP contribution in [0.5, 0.6) is 0 Å². The van der Waals surface area contributed by atoms with Gasteiger partial charge in [0, 0.05) is 63.1 Å². The molecule has 9 nitrogen and oxygen atoms in total. The Balaban J connectivity index is 1.63. The van der Waals surface area contributed by atoms with E-state index in [1.54, 1.807) is 35.0 Å². The summed E-state index contributed by atoms with van der Waals surface area (Å²) in [7, 11) is 9.35. The largest absolute Gasteiger partial charge is 0.416 e. The molecule has 1 amide bonds. The third kappa shape index (κ3) is 6.07. The summed E-state index contributed by atoms with van der Waals surface area (Å²) in [6.45, 7) is 5.13. The molecular weight excluding hydrogens is 521 g/mol. The van der Waals surface area contributed by atoms with Crippen LogP contribution in [0, 0.1) is 13.8 Å². The first-order valence-corrected chi connectivity index (χ1v) is 12.8.